The lowest BCUT2D eigenvalue weighted by molar-refractivity contribution is 0.0697. The molecular formula is C26H28N2O2. The quantitative estimate of drug-likeness (QED) is 0.589. The lowest BCUT2D eigenvalue weighted by Gasteiger charge is -2.32. The summed E-state index contributed by atoms with van der Waals surface area (Å²) in [5.74, 6) is -0.276. The maximum Gasteiger partial charge on any atom is 0.335 e. The number of hydrogen-bond acceptors (Lipinski definition) is 2. The number of aromatic carboxylic acids is 1. The normalized spacial score (nSPS) is 18.7. The first kappa shape index (κ1) is 18.1. The van der Waals surface area contributed by atoms with Crippen LogP contribution in [0.25, 0.3) is 22.2 Å². The molecular weight excluding hydrogens is 372 g/mol. The monoisotopic (exact) mass is 400 g/mol. The first-order valence-electron chi connectivity index (χ1n) is 11.5. The number of fused-ring (bicyclic) bond motifs is 4. The minimum Gasteiger partial charge on any atom is -0.478 e. The Bertz CT molecular complexity index is 1150. The average Bonchev–Trinajstić information content (AvgIpc) is 3.01. The fraction of sp³-hybridized carbons (Fsp3) is 0.423. The lowest BCUT2D eigenvalue weighted by atomic mass is 9.81. The van der Waals surface area contributed by atoms with Crippen LogP contribution in [0.2, 0.25) is 0 Å². The van der Waals surface area contributed by atoms with Crippen molar-refractivity contribution in [2.45, 2.75) is 57.4 Å². The van der Waals surface area contributed by atoms with Crippen LogP contribution in [0.1, 0.15) is 65.9 Å². The van der Waals surface area contributed by atoms with E-state index in [2.05, 4.69) is 33.7 Å². The number of carboxylic acid groups (broad SMARTS) is 1. The van der Waals surface area contributed by atoms with Gasteiger partial charge in [0, 0.05) is 41.8 Å². The molecule has 1 aliphatic carbocycles. The molecule has 4 nitrogen and oxygen atoms in total. The highest BCUT2D eigenvalue weighted by Crippen LogP contribution is 2.48. The van der Waals surface area contributed by atoms with Gasteiger partial charge in [0.2, 0.25) is 0 Å². The molecule has 0 unspecified atom stereocenters. The number of nitrogens with zero attached hydrogens (tertiary/aromatic N) is 2. The summed E-state index contributed by atoms with van der Waals surface area (Å²) in [6.45, 7) is 3.02. The molecule has 30 heavy (non-hydrogen) atoms. The molecule has 6 rings (SSSR count). The molecule has 1 N–H and O–H groups in total. The molecule has 0 atom stereocenters. The Balaban J connectivity index is 1.68. The molecule has 2 aliphatic heterocycles. The van der Waals surface area contributed by atoms with Gasteiger partial charge in [0.15, 0.2) is 0 Å². The van der Waals surface area contributed by atoms with Gasteiger partial charge in [-0.1, -0.05) is 43.5 Å². The average molecular weight is 401 g/mol. The Labute approximate surface area is 177 Å². The topological polar surface area (TPSA) is 45.5 Å². The minimum absolute atomic E-state index is 0.386. The molecule has 3 heterocycles. The van der Waals surface area contributed by atoms with Crippen LogP contribution in [0.5, 0.6) is 0 Å². The summed E-state index contributed by atoms with van der Waals surface area (Å²) >= 11 is 0. The standard InChI is InChI=1S/C26H28N2O2/c29-26(30)19-11-12-20-22(16-19)28-15-14-27-13-5-9-18-8-4-10-21(24(18)27)25(28)23(20)17-6-2-1-3-7-17/h4,8,10-12,16-17H,1-3,5-7,9,13-15H2,(H,29,30). The molecule has 0 bridgehead atoms. The second-order valence-corrected chi connectivity index (χ2v) is 9.19. The molecule has 3 aromatic rings. The van der Waals surface area contributed by atoms with Crippen LogP contribution in [-0.2, 0) is 13.0 Å². The van der Waals surface area contributed by atoms with Gasteiger partial charge in [-0.05, 0) is 54.9 Å². The molecule has 3 aliphatic rings. The second kappa shape index (κ2) is 6.90. The van der Waals surface area contributed by atoms with Crippen molar-refractivity contribution >= 4 is 22.6 Å². The minimum atomic E-state index is -0.845. The number of carboxylic acids is 1. The van der Waals surface area contributed by atoms with Gasteiger partial charge in [-0.2, -0.15) is 0 Å². The van der Waals surface area contributed by atoms with E-state index >= 15 is 0 Å². The molecule has 0 radical (unpaired) electrons. The maximum absolute atomic E-state index is 11.7. The fourth-order valence-electron chi connectivity index (χ4n) is 6.21. The highest BCUT2D eigenvalue weighted by molar-refractivity contribution is 6.00. The highest BCUT2D eigenvalue weighted by Gasteiger charge is 2.32. The third-order valence-corrected chi connectivity index (χ3v) is 7.52. The summed E-state index contributed by atoms with van der Waals surface area (Å²) in [4.78, 5) is 14.3. The van der Waals surface area contributed by atoms with Gasteiger partial charge in [-0.25, -0.2) is 4.79 Å². The fourth-order valence-corrected chi connectivity index (χ4v) is 6.21. The van der Waals surface area contributed by atoms with Crippen molar-refractivity contribution in [1.82, 2.24) is 4.57 Å². The van der Waals surface area contributed by atoms with Gasteiger partial charge < -0.3 is 14.6 Å². The molecule has 1 fully saturated rings. The van der Waals surface area contributed by atoms with Gasteiger partial charge in [-0.3, -0.25) is 0 Å². The van der Waals surface area contributed by atoms with Crippen molar-refractivity contribution in [3.8, 4) is 11.3 Å². The lowest BCUT2D eigenvalue weighted by Crippen LogP contribution is -2.31. The van der Waals surface area contributed by atoms with Crippen molar-refractivity contribution in [2.75, 3.05) is 18.0 Å². The third kappa shape index (κ3) is 2.62. The van der Waals surface area contributed by atoms with E-state index in [0.717, 1.165) is 31.6 Å². The first-order valence-corrected chi connectivity index (χ1v) is 11.5. The van der Waals surface area contributed by atoms with Crippen LogP contribution >= 0.6 is 0 Å². The van der Waals surface area contributed by atoms with Crippen molar-refractivity contribution in [1.29, 1.82) is 0 Å². The summed E-state index contributed by atoms with van der Waals surface area (Å²) < 4.78 is 2.44. The SMILES string of the molecule is O=C(O)c1ccc2c(C3CCCCC3)c3n(c2c1)CCN1CCCc2cccc-3c21. The van der Waals surface area contributed by atoms with E-state index in [1.807, 2.05) is 6.07 Å². The number of benzene rings is 2. The number of para-hydroxylation sites is 1. The van der Waals surface area contributed by atoms with Crippen LogP contribution in [0.4, 0.5) is 5.69 Å². The van der Waals surface area contributed by atoms with E-state index in [4.69, 9.17) is 0 Å². The zero-order valence-electron chi connectivity index (χ0n) is 17.4. The molecule has 154 valence electrons. The smallest absolute Gasteiger partial charge is 0.335 e. The van der Waals surface area contributed by atoms with E-state index < -0.39 is 5.97 Å². The van der Waals surface area contributed by atoms with Crippen molar-refractivity contribution in [2.24, 2.45) is 0 Å². The van der Waals surface area contributed by atoms with Crippen molar-refractivity contribution in [3.63, 3.8) is 0 Å². The first-order chi connectivity index (χ1) is 14.7. The molecule has 0 spiro atoms. The molecule has 1 aromatic heterocycles. The summed E-state index contributed by atoms with van der Waals surface area (Å²) in [6.07, 6.45) is 8.78. The molecule has 0 saturated heterocycles. The summed E-state index contributed by atoms with van der Waals surface area (Å²) in [5, 5.41) is 10.9. The van der Waals surface area contributed by atoms with Gasteiger partial charge in [0.25, 0.3) is 0 Å². The summed E-state index contributed by atoms with van der Waals surface area (Å²) in [5.41, 5.74) is 8.58. The molecule has 0 amide bonds. The number of aromatic nitrogens is 1. The Morgan fingerprint density at radius 3 is 2.67 bits per heavy atom. The van der Waals surface area contributed by atoms with Crippen LogP contribution in [0.15, 0.2) is 36.4 Å². The van der Waals surface area contributed by atoms with Crippen molar-refractivity contribution in [3.05, 3.63) is 53.1 Å². The maximum atomic E-state index is 11.7. The van der Waals surface area contributed by atoms with E-state index in [-0.39, 0.29) is 0 Å². The van der Waals surface area contributed by atoms with Gasteiger partial charge in [0.1, 0.15) is 0 Å². The number of carbonyl (C=O) groups is 1. The van der Waals surface area contributed by atoms with E-state index in [9.17, 15) is 9.90 Å². The number of hydrogen-bond donors (Lipinski definition) is 1. The van der Waals surface area contributed by atoms with Gasteiger partial charge >= 0.3 is 5.97 Å². The Morgan fingerprint density at radius 2 is 1.83 bits per heavy atom. The zero-order valence-corrected chi connectivity index (χ0v) is 17.4. The largest absolute Gasteiger partial charge is 0.478 e. The van der Waals surface area contributed by atoms with Crippen LogP contribution < -0.4 is 4.90 Å². The number of anilines is 1. The Kier molecular flexibility index (Phi) is 4.15. The van der Waals surface area contributed by atoms with Crippen LogP contribution in [-0.4, -0.2) is 28.7 Å². The highest BCUT2D eigenvalue weighted by atomic mass is 16.4. The zero-order chi connectivity index (χ0) is 20.2. The molecule has 2 aromatic carbocycles. The summed E-state index contributed by atoms with van der Waals surface area (Å²) in [6, 6.07) is 12.6. The van der Waals surface area contributed by atoms with E-state index in [0.29, 0.717) is 11.5 Å². The van der Waals surface area contributed by atoms with Crippen LogP contribution in [0.3, 0.4) is 0 Å². The van der Waals surface area contributed by atoms with Crippen LogP contribution in [0, 0.1) is 0 Å². The summed E-state index contributed by atoms with van der Waals surface area (Å²) in [7, 11) is 0. The van der Waals surface area contributed by atoms with E-state index in [1.54, 1.807) is 6.07 Å². The second-order valence-electron chi connectivity index (χ2n) is 9.19. The molecule has 1 saturated carbocycles. The Morgan fingerprint density at radius 1 is 0.967 bits per heavy atom. The Hall–Kier alpha value is -2.75. The third-order valence-electron chi connectivity index (χ3n) is 7.52. The van der Waals surface area contributed by atoms with Crippen molar-refractivity contribution < 1.29 is 9.90 Å². The van der Waals surface area contributed by atoms with Gasteiger partial charge in [-0.15, -0.1) is 0 Å². The van der Waals surface area contributed by atoms with E-state index in [1.165, 1.54) is 72.0 Å². The van der Waals surface area contributed by atoms with Gasteiger partial charge in [0.05, 0.1) is 11.3 Å². The number of aryl methyl sites for hydroxylation is 1. The predicted octanol–water partition coefficient (Wildman–Crippen LogP) is 5.82. The molecule has 4 heteroatoms. The number of rotatable bonds is 2. The predicted molar refractivity (Wildman–Crippen MR) is 121 cm³/mol.